The van der Waals surface area contributed by atoms with Crippen LogP contribution in [0.25, 0.3) is 6.08 Å². The maximum absolute atomic E-state index is 11.3. The van der Waals surface area contributed by atoms with E-state index in [1.165, 1.54) is 18.2 Å². The van der Waals surface area contributed by atoms with Crippen molar-refractivity contribution in [1.29, 1.82) is 0 Å². The van der Waals surface area contributed by atoms with Gasteiger partial charge in [0.25, 0.3) is 5.91 Å². The van der Waals surface area contributed by atoms with Crippen molar-refractivity contribution in [3.05, 3.63) is 28.7 Å². The number of aromatic hydroxyl groups is 2. The molecule has 3 N–H and O–H groups in total. The Hall–Kier alpha value is -1.53. The molecule has 1 fully saturated rings. The van der Waals surface area contributed by atoms with Crippen LogP contribution in [0.3, 0.4) is 0 Å². The molecule has 4 nitrogen and oxygen atoms in total. The van der Waals surface area contributed by atoms with Crippen molar-refractivity contribution in [3.8, 4) is 11.5 Å². The van der Waals surface area contributed by atoms with Gasteiger partial charge in [-0.2, -0.15) is 0 Å². The molecule has 1 aromatic carbocycles. The summed E-state index contributed by atoms with van der Waals surface area (Å²) in [5.41, 5.74) is 0.542. The third kappa shape index (κ3) is 2.34. The average molecular weight is 253 g/mol. The summed E-state index contributed by atoms with van der Waals surface area (Å²) in [6.07, 6.45) is 1.55. The van der Waals surface area contributed by atoms with E-state index in [4.69, 9.17) is 12.2 Å². The van der Waals surface area contributed by atoms with Gasteiger partial charge in [0, 0.05) is 6.07 Å². The van der Waals surface area contributed by atoms with Crippen molar-refractivity contribution in [2.75, 3.05) is 0 Å². The maximum Gasteiger partial charge on any atom is 0.263 e. The molecule has 16 heavy (non-hydrogen) atoms. The molecule has 0 radical (unpaired) electrons. The first-order valence-corrected chi connectivity index (χ1v) is 5.55. The van der Waals surface area contributed by atoms with Gasteiger partial charge in [0.1, 0.15) is 15.8 Å². The van der Waals surface area contributed by atoms with Gasteiger partial charge in [-0.05, 0) is 23.8 Å². The largest absolute Gasteiger partial charge is 0.508 e. The number of thiocarbonyl (C=S) groups is 1. The Morgan fingerprint density at radius 2 is 1.88 bits per heavy atom. The summed E-state index contributed by atoms with van der Waals surface area (Å²) in [6.45, 7) is 0. The number of phenols is 2. The van der Waals surface area contributed by atoms with Crippen LogP contribution in [0.15, 0.2) is 23.1 Å². The minimum atomic E-state index is -0.266. The highest BCUT2D eigenvalue weighted by molar-refractivity contribution is 8.26. The summed E-state index contributed by atoms with van der Waals surface area (Å²) in [6, 6.07) is 4.11. The molecule has 1 aliphatic heterocycles. The van der Waals surface area contributed by atoms with E-state index in [0.29, 0.717) is 14.8 Å². The molecular weight excluding hydrogens is 246 g/mol. The molecule has 0 unspecified atom stereocenters. The van der Waals surface area contributed by atoms with Crippen molar-refractivity contribution in [1.82, 2.24) is 5.32 Å². The fourth-order valence-corrected chi connectivity index (χ4v) is 2.32. The first-order valence-electron chi connectivity index (χ1n) is 4.32. The summed E-state index contributed by atoms with van der Waals surface area (Å²) in [4.78, 5) is 11.8. The second-order valence-corrected chi connectivity index (χ2v) is 4.85. The average Bonchev–Trinajstić information content (AvgIpc) is 2.43. The number of hydrogen-bond acceptors (Lipinski definition) is 5. The summed E-state index contributed by atoms with van der Waals surface area (Å²) < 4.78 is 0.403. The lowest BCUT2D eigenvalue weighted by Crippen LogP contribution is -2.17. The van der Waals surface area contributed by atoms with E-state index in [0.717, 1.165) is 11.8 Å². The Labute approximate surface area is 101 Å². The number of carbonyl (C=O) groups is 1. The first kappa shape index (κ1) is 11.0. The molecular formula is C10H7NO3S2. The van der Waals surface area contributed by atoms with Crippen LogP contribution in [0.1, 0.15) is 5.56 Å². The smallest absolute Gasteiger partial charge is 0.263 e. The minimum Gasteiger partial charge on any atom is -0.508 e. The van der Waals surface area contributed by atoms with E-state index >= 15 is 0 Å². The predicted octanol–water partition coefficient (Wildman–Crippen LogP) is 1.59. The standard InChI is InChI=1S/C10H7NO3S2/c12-6-1-5(2-7(13)4-6)3-8-9(14)11-10(15)16-8/h1-4,12-13H,(H,11,14,15)/b8-3+. The van der Waals surface area contributed by atoms with Gasteiger partial charge >= 0.3 is 0 Å². The zero-order valence-corrected chi connectivity index (χ0v) is 9.56. The van der Waals surface area contributed by atoms with Crippen molar-refractivity contribution in [2.45, 2.75) is 0 Å². The molecule has 82 valence electrons. The topological polar surface area (TPSA) is 69.6 Å². The summed E-state index contributed by atoms with van der Waals surface area (Å²) in [5.74, 6) is -0.381. The molecule has 0 bridgehead atoms. The van der Waals surface area contributed by atoms with E-state index in [1.54, 1.807) is 6.08 Å². The zero-order chi connectivity index (χ0) is 11.7. The fraction of sp³-hybridized carbons (Fsp3) is 0. The number of phenolic OH excluding ortho intramolecular Hbond substituents is 2. The van der Waals surface area contributed by atoms with Crippen molar-refractivity contribution >= 4 is 40.3 Å². The quantitative estimate of drug-likeness (QED) is 0.524. The van der Waals surface area contributed by atoms with Gasteiger partial charge in [0.15, 0.2) is 0 Å². The second kappa shape index (κ2) is 4.15. The fourth-order valence-electron chi connectivity index (χ4n) is 1.27. The Balaban J connectivity index is 2.36. The van der Waals surface area contributed by atoms with Gasteiger partial charge in [-0.25, -0.2) is 0 Å². The molecule has 1 saturated heterocycles. The van der Waals surface area contributed by atoms with Gasteiger partial charge < -0.3 is 15.5 Å². The lowest BCUT2D eigenvalue weighted by atomic mass is 10.2. The van der Waals surface area contributed by atoms with Crippen molar-refractivity contribution in [3.63, 3.8) is 0 Å². The highest BCUT2D eigenvalue weighted by Crippen LogP contribution is 2.28. The number of carbonyl (C=O) groups excluding carboxylic acids is 1. The summed E-state index contributed by atoms with van der Waals surface area (Å²) in [5, 5.41) is 21.0. The summed E-state index contributed by atoms with van der Waals surface area (Å²) >= 11 is 5.98. The molecule has 0 spiro atoms. The van der Waals surface area contributed by atoms with Gasteiger partial charge in [0.2, 0.25) is 0 Å². The Bertz CT molecular complexity index is 491. The van der Waals surface area contributed by atoms with Gasteiger partial charge in [-0.15, -0.1) is 0 Å². The first-order chi connectivity index (χ1) is 7.54. The van der Waals surface area contributed by atoms with Crippen LogP contribution in [0.2, 0.25) is 0 Å². The van der Waals surface area contributed by atoms with Crippen LogP contribution in [0.4, 0.5) is 0 Å². The van der Waals surface area contributed by atoms with Crippen molar-refractivity contribution < 1.29 is 15.0 Å². The van der Waals surface area contributed by atoms with Crippen LogP contribution < -0.4 is 5.32 Å². The minimum absolute atomic E-state index is 0.0576. The molecule has 0 aliphatic carbocycles. The molecule has 1 aliphatic rings. The van der Waals surface area contributed by atoms with Gasteiger partial charge in [-0.1, -0.05) is 24.0 Å². The Morgan fingerprint density at radius 3 is 2.38 bits per heavy atom. The molecule has 1 heterocycles. The molecule has 1 aromatic rings. The Kier molecular flexibility index (Phi) is 2.84. The molecule has 0 aromatic heterocycles. The van der Waals surface area contributed by atoms with E-state index in [1.807, 2.05) is 0 Å². The summed E-state index contributed by atoms with van der Waals surface area (Å²) in [7, 11) is 0. The molecule has 0 saturated carbocycles. The molecule has 0 atom stereocenters. The lowest BCUT2D eigenvalue weighted by molar-refractivity contribution is -0.115. The van der Waals surface area contributed by atoms with Crippen molar-refractivity contribution in [2.24, 2.45) is 0 Å². The second-order valence-electron chi connectivity index (χ2n) is 3.13. The Morgan fingerprint density at radius 1 is 1.25 bits per heavy atom. The third-order valence-electron chi connectivity index (χ3n) is 1.86. The highest BCUT2D eigenvalue weighted by Gasteiger charge is 2.21. The third-order valence-corrected chi connectivity index (χ3v) is 3.03. The number of amides is 1. The SMILES string of the molecule is O=C1NC(=S)S/C1=C/c1cc(O)cc(O)c1. The van der Waals surface area contributed by atoms with E-state index in [2.05, 4.69) is 5.32 Å². The monoisotopic (exact) mass is 253 g/mol. The maximum atomic E-state index is 11.3. The lowest BCUT2D eigenvalue weighted by Gasteiger charge is -1.98. The number of hydrogen-bond donors (Lipinski definition) is 3. The van der Waals surface area contributed by atoms with Crippen LogP contribution in [0.5, 0.6) is 11.5 Å². The van der Waals surface area contributed by atoms with E-state index in [-0.39, 0.29) is 17.4 Å². The number of rotatable bonds is 1. The van der Waals surface area contributed by atoms with Crippen LogP contribution in [-0.4, -0.2) is 20.4 Å². The number of nitrogens with one attached hydrogen (secondary N) is 1. The van der Waals surface area contributed by atoms with Crippen LogP contribution in [-0.2, 0) is 4.79 Å². The molecule has 1 amide bonds. The van der Waals surface area contributed by atoms with Crippen LogP contribution >= 0.6 is 24.0 Å². The predicted molar refractivity (Wildman–Crippen MR) is 66.1 cm³/mol. The molecule has 2 rings (SSSR count). The number of thioether (sulfide) groups is 1. The highest BCUT2D eigenvalue weighted by atomic mass is 32.2. The van der Waals surface area contributed by atoms with Gasteiger partial charge in [0.05, 0.1) is 4.91 Å². The van der Waals surface area contributed by atoms with Crippen LogP contribution in [0, 0.1) is 0 Å². The molecule has 6 heteroatoms. The normalized spacial score (nSPS) is 17.9. The van der Waals surface area contributed by atoms with Gasteiger partial charge in [-0.3, -0.25) is 4.79 Å². The number of benzene rings is 1. The van der Waals surface area contributed by atoms with E-state index in [9.17, 15) is 15.0 Å². The van der Waals surface area contributed by atoms with E-state index < -0.39 is 0 Å². The zero-order valence-electron chi connectivity index (χ0n) is 7.93.